The predicted molar refractivity (Wildman–Crippen MR) is 58.7 cm³/mol. The van der Waals surface area contributed by atoms with Crippen LogP contribution in [0, 0.1) is 0 Å². The molecular weight excluding hydrogens is 249 g/mol. The standard InChI is InChI=1S/C12H11F3O3/c1-2-3-6-18-10-5-4-8(12(13,14)15)7-9(10)11(16)17/h2-5,7H,6H2,1H3,(H,16,17). The van der Waals surface area contributed by atoms with Gasteiger partial charge in [-0.2, -0.15) is 13.2 Å². The first-order valence-corrected chi connectivity index (χ1v) is 5.04. The summed E-state index contributed by atoms with van der Waals surface area (Å²) >= 11 is 0. The van der Waals surface area contributed by atoms with Crippen LogP contribution in [0.15, 0.2) is 30.4 Å². The van der Waals surface area contributed by atoms with Crippen LogP contribution in [0.25, 0.3) is 0 Å². The van der Waals surface area contributed by atoms with E-state index in [9.17, 15) is 18.0 Å². The summed E-state index contributed by atoms with van der Waals surface area (Å²) in [6.45, 7) is 1.84. The van der Waals surface area contributed by atoms with Crippen molar-refractivity contribution < 1.29 is 27.8 Å². The molecule has 0 amide bonds. The number of carboxylic acid groups (broad SMARTS) is 1. The Morgan fingerprint density at radius 2 is 2.11 bits per heavy atom. The number of benzene rings is 1. The molecule has 1 aromatic rings. The molecule has 0 bridgehead atoms. The third kappa shape index (κ3) is 3.51. The summed E-state index contributed by atoms with van der Waals surface area (Å²) < 4.78 is 42.3. The molecule has 0 atom stereocenters. The van der Waals surface area contributed by atoms with E-state index in [1.165, 1.54) is 0 Å². The summed E-state index contributed by atoms with van der Waals surface area (Å²) in [7, 11) is 0. The predicted octanol–water partition coefficient (Wildman–Crippen LogP) is 3.36. The molecule has 0 fully saturated rings. The van der Waals surface area contributed by atoms with Gasteiger partial charge in [0.15, 0.2) is 0 Å². The zero-order valence-electron chi connectivity index (χ0n) is 9.49. The van der Waals surface area contributed by atoms with Crippen molar-refractivity contribution in [3.05, 3.63) is 41.5 Å². The molecule has 1 rings (SSSR count). The quantitative estimate of drug-likeness (QED) is 0.844. The fourth-order valence-electron chi connectivity index (χ4n) is 1.23. The summed E-state index contributed by atoms with van der Waals surface area (Å²) in [6, 6.07) is 2.36. The average molecular weight is 260 g/mol. The van der Waals surface area contributed by atoms with E-state index < -0.39 is 23.3 Å². The Kier molecular flexibility index (Phi) is 4.36. The molecule has 0 aliphatic carbocycles. The van der Waals surface area contributed by atoms with Gasteiger partial charge in [0, 0.05) is 0 Å². The molecule has 0 spiro atoms. The maximum atomic E-state index is 12.4. The van der Waals surface area contributed by atoms with Crippen molar-refractivity contribution >= 4 is 5.97 Å². The minimum atomic E-state index is -4.58. The average Bonchev–Trinajstić information content (AvgIpc) is 2.28. The number of allylic oxidation sites excluding steroid dienone is 1. The van der Waals surface area contributed by atoms with E-state index in [1.54, 1.807) is 19.1 Å². The minimum Gasteiger partial charge on any atom is -0.489 e. The molecule has 3 nitrogen and oxygen atoms in total. The van der Waals surface area contributed by atoms with Crippen LogP contribution in [0.3, 0.4) is 0 Å². The van der Waals surface area contributed by atoms with Crippen molar-refractivity contribution in [1.29, 1.82) is 0 Å². The van der Waals surface area contributed by atoms with Gasteiger partial charge in [0.25, 0.3) is 0 Å². The van der Waals surface area contributed by atoms with Crippen LogP contribution < -0.4 is 4.74 Å². The lowest BCUT2D eigenvalue weighted by molar-refractivity contribution is -0.137. The van der Waals surface area contributed by atoms with Crippen LogP contribution >= 0.6 is 0 Å². The third-order valence-electron chi connectivity index (χ3n) is 2.11. The third-order valence-corrected chi connectivity index (χ3v) is 2.11. The summed E-state index contributed by atoms with van der Waals surface area (Å²) in [5.41, 5.74) is -1.52. The summed E-state index contributed by atoms with van der Waals surface area (Å²) in [4.78, 5) is 10.9. The van der Waals surface area contributed by atoms with Gasteiger partial charge < -0.3 is 9.84 Å². The van der Waals surface area contributed by atoms with Gasteiger partial charge in [0.05, 0.1) is 5.56 Å². The van der Waals surface area contributed by atoms with Crippen LogP contribution in [0.1, 0.15) is 22.8 Å². The molecule has 18 heavy (non-hydrogen) atoms. The number of carboxylic acids is 1. The number of rotatable bonds is 4. The van der Waals surface area contributed by atoms with E-state index in [0.29, 0.717) is 6.07 Å². The van der Waals surface area contributed by atoms with E-state index in [1.807, 2.05) is 0 Å². The number of alkyl halides is 3. The second-order valence-electron chi connectivity index (χ2n) is 3.39. The Morgan fingerprint density at radius 1 is 1.44 bits per heavy atom. The number of aromatic carboxylic acids is 1. The van der Waals surface area contributed by atoms with Gasteiger partial charge in [-0.3, -0.25) is 0 Å². The van der Waals surface area contributed by atoms with Crippen molar-refractivity contribution in [2.24, 2.45) is 0 Å². The zero-order valence-corrected chi connectivity index (χ0v) is 9.49. The number of hydrogen-bond acceptors (Lipinski definition) is 2. The molecule has 0 heterocycles. The molecule has 0 aliphatic rings. The van der Waals surface area contributed by atoms with Crippen molar-refractivity contribution in [3.8, 4) is 5.75 Å². The maximum Gasteiger partial charge on any atom is 0.416 e. The lowest BCUT2D eigenvalue weighted by atomic mass is 10.1. The smallest absolute Gasteiger partial charge is 0.416 e. The Bertz CT molecular complexity index is 464. The maximum absolute atomic E-state index is 12.4. The Hall–Kier alpha value is -1.98. The summed E-state index contributed by atoms with van der Waals surface area (Å²) in [5.74, 6) is -1.55. The molecule has 0 aliphatic heterocycles. The van der Waals surface area contributed by atoms with Crippen molar-refractivity contribution in [2.45, 2.75) is 13.1 Å². The highest BCUT2D eigenvalue weighted by Crippen LogP contribution is 2.32. The molecule has 0 saturated heterocycles. The number of ether oxygens (including phenoxy) is 1. The Labute approximate surface area is 101 Å². The largest absolute Gasteiger partial charge is 0.489 e. The number of hydrogen-bond donors (Lipinski definition) is 1. The monoisotopic (exact) mass is 260 g/mol. The molecule has 0 aromatic heterocycles. The molecule has 1 aromatic carbocycles. The van der Waals surface area contributed by atoms with Crippen LogP contribution in [-0.2, 0) is 6.18 Å². The van der Waals surface area contributed by atoms with E-state index in [4.69, 9.17) is 9.84 Å². The highest BCUT2D eigenvalue weighted by atomic mass is 19.4. The molecule has 0 saturated carbocycles. The van der Waals surface area contributed by atoms with Gasteiger partial charge in [-0.25, -0.2) is 4.79 Å². The van der Waals surface area contributed by atoms with Crippen LogP contribution in [-0.4, -0.2) is 17.7 Å². The van der Waals surface area contributed by atoms with E-state index in [-0.39, 0.29) is 12.4 Å². The molecule has 0 radical (unpaired) electrons. The van der Waals surface area contributed by atoms with Gasteiger partial charge in [-0.15, -0.1) is 0 Å². The lowest BCUT2D eigenvalue weighted by Gasteiger charge is -2.11. The number of carbonyl (C=O) groups is 1. The molecule has 6 heteroatoms. The van der Waals surface area contributed by atoms with E-state index in [2.05, 4.69) is 0 Å². The number of halogens is 3. The van der Waals surface area contributed by atoms with Crippen LogP contribution in [0.5, 0.6) is 5.75 Å². The summed E-state index contributed by atoms with van der Waals surface area (Å²) in [5, 5.41) is 8.85. The zero-order chi connectivity index (χ0) is 13.8. The minimum absolute atomic E-state index is 0.0893. The Morgan fingerprint density at radius 3 is 2.61 bits per heavy atom. The van der Waals surface area contributed by atoms with Gasteiger partial charge in [-0.05, 0) is 25.1 Å². The second kappa shape index (κ2) is 5.57. The molecule has 98 valence electrons. The Balaban J connectivity index is 3.09. The normalized spacial score (nSPS) is 11.8. The SMILES string of the molecule is CC=CCOc1ccc(C(F)(F)F)cc1C(=O)O. The fraction of sp³-hybridized carbons (Fsp3) is 0.250. The topological polar surface area (TPSA) is 46.5 Å². The molecule has 0 unspecified atom stereocenters. The van der Waals surface area contributed by atoms with Crippen molar-refractivity contribution in [1.82, 2.24) is 0 Å². The van der Waals surface area contributed by atoms with E-state index >= 15 is 0 Å². The highest BCUT2D eigenvalue weighted by Gasteiger charge is 2.32. The fourth-order valence-corrected chi connectivity index (χ4v) is 1.23. The highest BCUT2D eigenvalue weighted by molar-refractivity contribution is 5.91. The van der Waals surface area contributed by atoms with Crippen molar-refractivity contribution in [3.63, 3.8) is 0 Å². The summed E-state index contributed by atoms with van der Waals surface area (Å²) in [6.07, 6.45) is -1.28. The van der Waals surface area contributed by atoms with Gasteiger partial charge in [0.1, 0.15) is 17.9 Å². The van der Waals surface area contributed by atoms with Crippen LogP contribution in [0.2, 0.25) is 0 Å². The molecule has 1 N–H and O–H groups in total. The van der Waals surface area contributed by atoms with Gasteiger partial charge in [-0.1, -0.05) is 12.2 Å². The van der Waals surface area contributed by atoms with Crippen LogP contribution in [0.4, 0.5) is 13.2 Å². The van der Waals surface area contributed by atoms with Gasteiger partial charge in [0.2, 0.25) is 0 Å². The van der Waals surface area contributed by atoms with Crippen molar-refractivity contribution in [2.75, 3.05) is 6.61 Å². The van der Waals surface area contributed by atoms with Gasteiger partial charge >= 0.3 is 12.1 Å². The molecular formula is C12H11F3O3. The first-order valence-electron chi connectivity index (χ1n) is 5.04. The first kappa shape index (κ1) is 14.1. The first-order chi connectivity index (χ1) is 8.36. The second-order valence-corrected chi connectivity index (χ2v) is 3.39. The van der Waals surface area contributed by atoms with E-state index in [0.717, 1.165) is 12.1 Å². The lowest BCUT2D eigenvalue weighted by Crippen LogP contribution is -2.09.